The molecule has 0 aromatic carbocycles. The first-order chi connectivity index (χ1) is 7.41. The smallest absolute Gasteiger partial charge is 0.357 e. The molecular weight excluding hydrogens is 238 g/mol. The minimum absolute atomic E-state index is 0.0748. The van der Waals surface area contributed by atoms with Gasteiger partial charge in [-0.1, -0.05) is 0 Å². The molecule has 7 nitrogen and oxygen atoms in total. The quantitative estimate of drug-likeness (QED) is 0.441. The number of aliphatic carboxylic acids is 1. The lowest BCUT2D eigenvalue weighted by Gasteiger charge is -2.09. The van der Waals surface area contributed by atoms with Crippen LogP contribution < -0.4 is 15.4 Å². The average Bonchev–Trinajstić information content (AvgIpc) is 2.16. The molecule has 1 aromatic rings. The second kappa shape index (κ2) is 4.75. The molecule has 0 fully saturated rings. The highest BCUT2D eigenvalue weighted by Crippen LogP contribution is 2.20. The number of aromatic nitrogens is 1. The molecule has 1 atom stereocenters. The number of carbonyl (C=O) groups is 1. The zero-order valence-electron chi connectivity index (χ0n) is 8.19. The molecule has 2 N–H and O–H groups in total. The zero-order chi connectivity index (χ0) is 12.3. The lowest BCUT2D eigenvalue weighted by Crippen LogP contribution is -2.40. The summed E-state index contributed by atoms with van der Waals surface area (Å²) < 4.78 is 0. The van der Waals surface area contributed by atoms with Gasteiger partial charge in [0, 0.05) is 12.1 Å². The monoisotopic (exact) mass is 245 g/mol. The number of hydrogen-bond donors (Lipinski definition) is 1. The Hall–Kier alpha value is -1.89. The second-order valence-corrected chi connectivity index (χ2v) is 3.42. The summed E-state index contributed by atoms with van der Waals surface area (Å²) in [5, 5.41) is 23.6. The third-order valence-electron chi connectivity index (χ3n) is 1.80. The van der Waals surface area contributed by atoms with Crippen LogP contribution in [0.4, 0.5) is 11.5 Å². The predicted octanol–water partition coefficient (Wildman–Crippen LogP) is -0.387. The van der Waals surface area contributed by atoms with Crippen LogP contribution in [-0.4, -0.2) is 16.9 Å². The number of anilines is 1. The van der Waals surface area contributed by atoms with Crippen LogP contribution >= 0.6 is 11.6 Å². The van der Waals surface area contributed by atoms with E-state index in [0.29, 0.717) is 0 Å². The minimum atomic E-state index is -1.37. The van der Waals surface area contributed by atoms with Crippen molar-refractivity contribution in [2.24, 2.45) is 0 Å². The van der Waals surface area contributed by atoms with Gasteiger partial charge in [0.2, 0.25) is 0 Å². The molecule has 0 spiro atoms. The summed E-state index contributed by atoms with van der Waals surface area (Å²) in [7, 11) is 0. The third kappa shape index (κ3) is 2.80. The van der Waals surface area contributed by atoms with E-state index in [9.17, 15) is 20.0 Å². The van der Waals surface area contributed by atoms with Gasteiger partial charge in [0.05, 0.1) is 10.9 Å². The van der Waals surface area contributed by atoms with E-state index in [2.05, 4.69) is 10.3 Å². The molecule has 1 rings (SSSR count). The maximum Gasteiger partial charge on any atom is 0.357 e. The lowest BCUT2D eigenvalue weighted by molar-refractivity contribution is -0.409. The van der Waals surface area contributed by atoms with Crippen LogP contribution in [0.3, 0.4) is 0 Å². The van der Waals surface area contributed by atoms with Crippen molar-refractivity contribution in [3.8, 4) is 0 Å². The van der Waals surface area contributed by atoms with Gasteiger partial charge in [-0.05, 0) is 18.5 Å². The number of aromatic amines is 1. The van der Waals surface area contributed by atoms with Crippen molar-refractivity contribution in [2.45, 2.75) is 13.0 Å². The van der Waals surface area contributed by atoms with Crippen LogP contribution in [0.5, 0.6) is 0 Å². The van der Waals surface area contributed by atoms with E-state index in [1.54, 1.807) is 0 Å². The Kier molecular flexibility index (Phi) is 3.62. The number of hydrogen-bond acceptors (Lipinski definition) is 5. The average molecular weight is 246 g/mol. The molecule has 0 aliphatic carbocycles. The number of rotatable bonds is 4. The van der Waals surface area contributed by atoms with Crippen LogP contribution in [0.1, 0.15) is 6.92 Å². The van der Waals surface area contributed by atoms with Gasteiger partial charge in [-0.2, -0.15) is 0 Å². The zero-order valence-corrected chi connectivity index (χ0v) is 8.95. The fraction of sp³-hybridized carbons (Fsp3) is 0.250. The normalized spacial score (nSPS) is 11.9. The summed E-state index contributed by atoms with van der Waals surface area (Å²) in [6, 6.07) is 1.39. The number of halogens is 1. The fourth-order valence-electron chi connectivity index (χ4n) is 0.998. The van der Waals surface area contributed by atoms with Crippen molar-refractivity contribution in [1.29, 1.82) is 0 Å². The van der Waals surface area contributed by atoms with Crippen LogP contribution in [0, 0.1) is 10.1 Å². The minimum Gasteiger partial charge on any atom is -0.546 e. The first-order valence-corrected chi connectivity index (χ1v) is 4.63. The summed E-state index contributed by atoms with van der Waals surface area (Å²) in [4.78, 5) is 22.9. The molecule has 1 heterocycles. The molecule has 0 saturated carbocycles. The number of pyridine rings is 1. The van der Waals surface area contributed by atoms with Gasteiger partial charge < -0.3 is 9.90 Å². The third-order valence-corrected chi connectivity index (χ3v) is 2.02. The Labute approximate surface area is 95.2 Å². The number of carbonyl (C=O) groups excluding carboxylic acids is 1. The van der Waals surface area contributed by atoms with Crippen LogP contribution in [0.25, 0.3) is 0 Å². The van der Waals surface area contributed by atoms with Gasteiger partial charge in [-0.25, -0.2) is 4.98 Å². The van der Waals surface area contributed by atoms with Crippen molar-refractivity contribution in [2.75, 3.05) is 5.32 Å². The molecule has 1 aromatic heterocycles. The molecule has 0 aliphatic heterocycles. The largest absolute Gasteiger partial charge is 0.546 e. The van der Waals surface area contributed by atoms with E-state index in [4.69, 9.17) is 11.6 Å². The van der Waals surface area contributed by atoms with Crippen molar-refractivity contribution in [1.82, 2.24) is 0 Å². The summed E-state index contributed by atoms with van der Waals surface area (Å²) in [6.07, 6.45) is 0. The molecule has 86 valence electrons. The van der Waals surface area contributed by atoms with Gasteiger partial charge in [-0.15, -0.1) is 0 Å². The first-order valence-electron chi connectivity index (χ1n) is 4.25. The number of carboxylic acid groups (broad SMARTS) is 1. The summed E-state index contributed by atoms with van der Waals surface area (Å²) in [5.41, 5.74) is -0.294. The Bertz CT molecular complexity index is 437. The lowest BCUT2D eigenvalue weighted by atomic mass is 10.3. The molecule has 0 unspecified atom stereocenters. The molecule has 0 radical (unpaired) electrons. The van der Waals surface area contributed by atoms with Crippen molar-refractivity contribution in [3.63, 3.8) is 0 Å². The number of carboxylic acids is 1. The van der Waals surface area contributed by atoms with E-state index in [1.165, 1.54) is 19.1 Å². The van der Waals surface area contributed by atoms with Crippen LogP contribution in [0.2, 0.25) is 5.15 Å². The van der Waals surface area contributed by atoms with Crippen LogP contribution in [-0.2, 0) is 4.79 Å². The maximum absolute atomic E-state index is 10.6. The van der Waals surface area contributed by atoms with Crippen LogP contribution in [0.15, 0.2) is 12.1 Å². The summed E-state index contributed by atoms with van der Waals surface area (Å²) in [6.45, 7) is 1.30. The molecular formula is C8H8ClN3O4. The molecule has 8 heteroatoms. The highest BCUT2D eigenvalue weighted by atomic mass is 35.5. The topological polar surface area (TPSA) is 109 Å². The van der Waals surface area contributed by atoms with E-state index < -0.39 is 16.9 Å². The predicted molar refractivity (Wildman–Crippen MR) is 52.8 cm³/mol. The number of nitrogens with one attached hydrogen (secondary N) is 2. The number of nitrogens with zero attached hydrogens (tertiary/aromatic N) is 1. The van der Waals surface area contributed by atoms with E-state index >= 15 is 0 Å². The van der Waals surface area contributed by atoms with Gasteiger partial charge in [0.25, 0.3) is 0 Å². The molecule has 0 amide bonds. The molecule has 0 bridgehead atoms. The van der Waals surface area contributed by atoms with E-state index in [0.717, 1.165) is 0 Å². The number of H-pyrrole nitrogens is 1. The number of nitro groups is 1. The van der Waals surface area contributed by atoms with Crippen molar-refractivity contribution >= 4 is 29.1 Å². The van der Waals surface area contributed by atoms with E-state index in [1.807, 2.05) is 0 Å². The highest BCUT2D eigenvalue weighted by Gasteiger charge is 2.23. The van der Waals surface area contributed by atoms with Crippen molar-refractivity contribution < 1.29 is 19.8 Å². The summed E-state index contributed by atoms with van der Waals surface area (Å²) >= 11 is 5.60. The fourth-order valence-corrected chi connectivity index (χ4v) is 1.16. The maximum atomic E-state index is 10.6. The molecule has 0 saturated heterocycles. The SMILES string of the molecule is C[C@H](Nc1[nH+]c(Cl)ccc1[N+](=O)[O-])C(=O)[O-]. The van der Waals surface area contributed by atoms with E-state index in [-0.39, 0.29) is 16.7 Å². The van der Waals surface area contributed by atoms with Gasteiger partial charge in [-0.3, -0.25) is 15.4 Å². The standard InChI is InChI=1S/C8H8ClN3O4/c1-4(8(13)14)10-7-5(12(15)16)2-3-6(9)11-7/h2-4H,1H3,(H,10,11)(H,13,14)/t4-/m0/s1. The Morgan fingerprint density at radius 2 is 2.25 bits per heavy atom. The first kappa shape index (κ1) is 12.2. The second-order valence-electron chi connectivity index (χ2n) is 3.01. The van der Waals surface area contributed by atoms with Gasteiger partial charge >= 0.3 is 11.5 Å². The Balaban J connectivity index is 3.05. The Morgan fingerprint density at radius 3 is 2.75 bits per heavy atom. The Morgan fingerprint density at radius 1 is 1.62 bits per heavy atom. The molecule has 0 aliphatic rings. The highest BCUT2D eigenvalue weighted by molar-refractivity contribution is 6.28. The van der Waals surface area contributed by atoms with Gasteiger partial charge in [0.15, 0.2) is 5.15 Å². The summed E-state index contributed by atoms with van der Waals surface area (Å²) in [5.74, 6) is -1.45. The molecule has 16 heavy (non-hydrogen) atoms. The van der Waals surface area contributed by atoms with Gasteiger partial charge in [0.1, 0.15) is 6.04 Å². The van der Waals surface area contributed by atoms with Crippen molar-refractivity contribution in [3.05, 3.63) is 27.4 Å².